The third-order valence-electron chi connectivity index (χ3n) is 3.11. The van der Waals surface area contributed by atoms with Crippen LogP contribution in [0.15, 0.2) is 24.3 Å². The molecule has 0 saturated heterocycles. The number of nitrogens with one attached hydrogen (secondary N) is 1. The Bertz CT molecular complexity index is 578. The molecule has 1 aromatic heterocycles. The molecule has 0 radical (unpaired) electrons. The van der Waals surface area contributed by atoms with E-state index >= 15 is 0 Å². The van der Waals surface area contributed by atoms with Gasteiger partial charge in [-0.3, -0.25) is 0 Å². The van der Waals surface area contributed by atoms with Crippen molar-refractivity contribution < 1.29 is 4.74 Å². The molecule has 0 bridgehead atoms. The maximum absolute atomic E-state index is 5.58. The maximum atomic E-state index is 5.58. The zero-order valence-corrected chi connectivity index (χ0v) is 14.1. The van der Waals surface area contributed by atoms with E-state index in [0.717, 1.165) is 29.3 Å². The molecule has 2 rings (SSSR count). The highest BCUT2D eigenvalue weighted by molar-refractivity contribution is 7.15. The van der Waals surface area contributed by atoms with Gasteiger partial charge >= 0.3 is 0 Å². The molecular weight excluding hydrogens is 280 g/mol. The molecule has 3 nitrogen and oxygen atoms in total. The Balaban J connectivity index is 2.32. The molecule has 0 amide bonds. The minimum atomic E-state index is 0.616. The van der Waals surface area contributed by atoms with Crippen LogP contribution in [0.4, 0.5) is 0 Å². The first-order chi connectivity index (χ1) is 10.1. The topological polar surface area (TPSA) is 34.1 Å². The summed E-state index contributed by atoms with van der Waals surface area (Å²) in [5.74, 6) is 1.52. The molecule has 0 saturated carbocycles. The number of hydrogen-bond acceptors (Lipinski definition) is 4. The highest BCUT2D eigenvalue weighted by atomic mass is 32.1. The summed E-state index contributed by atoms with van der Waals surface area (Å²) in [5, 5.41) is 4.32. The summed E-state index contributed by atoms with van der Waals surface area (Å²) in [6, 6.07) is 8.19. The zero-order valence-electron chi connectivity index (χ0n) is 13.3. The van der Waals surface area contributed by atoms with Gasteiger partial charge in [0.25, 0.3) is 0 Å². The van der Waals surface area contributed by atoms with Gasteiger partial charge in [0, 0.05) is 17.0 Å². The monoisotopic (exact) mass is 304 g/mol. The number of ether oxygens (including phenoxy) is 1. The van der Waals surface area contributed by atoms with Gasteiger partial charge < -0.3 is 10.1 Å². The van der Waals surface area contributed by atoms with Gasteiger partial charge in [0.05, 0.1) is 12.3 Å². The number of hydrogen-bond donors (Lipinski definition) is 1. The molecule has 0 atom stereocenters. The van der Waals surface area contributed by atoms with Gasteiger partial charge in [-0.1, -0.05) is 26.0 Å². The standard InChI is InChI=1S/C17H24N2OS/c1-5-20-14-8-6-7-13(10-14)17-19-15(9-12(2)3)16(21-17)11-18-4/h6-8,10,12,18H,5,9,11H2,1-4H3. The predicted octanol–water partition coefficient (Wildman–Crippen LogP) is 4.13. The van der Waals surface area contributed by atoms with E-state index in [1.54, 1.807) is 11.3 Å². The fourth-order valence-corrected chi connectivity index (χ4v) is 3.33. The lowest BCUT2D eigenvalue weighted by Crippen LogP contribution is -2.07. The van der Waals surface area contributed by atoms with Crippen LogP contribution in [0, 0.1) is 5.92 Å². The van der Waals surface area contributed by atoms with E-state index in [-0.39, 0.29) is 0 Å². The van der Waals surface area contributed by atoms with Crippen molar-refractivity contribution >= 4 is 11.3 Å². The van der Waals surface area contributed by atoms with Gasteiger partial charge in [0.1, 0.15) is 10.8 Å². The second kappa shape index (κ2) is 7.57. The molecule has 0 spiro atoms. The molecule has 0 aliphatic carbocycles. The lowest BCUT2D eigenvalue weighted by molar-refractivity contribution is 0.340. The first-order valence-electron chi connectivity index (χ1n) is 7.50. The van der Waals surface area contributed by atoms with Crippen LogP contribution in [0.3, 0.4) is 0 Å². The second-order valence-electron chi connectivity index (χ2n) is 5.48. The molecule has 2 aromatic rings. The van der Waals surface area contributed by atoms with Crippen molar-refractivity contribution in [1.29, 1.82) is 0 Å². The summed E-state index contributed by atoms with van der Waals surface area (Å²) in [7, 11) is 1.98. The van der Waals surface area contributed by atoms with E-state index < -0.39 is 0 Å². The Kier molecular flexibility index (Phi) is 5.76. The van der Waals surface area contributed by atoms with Crippen LogP contribution >= 0.6 is 11.3 Å². The van der Waals surface area contributed by atoms with Gasteiger partial charge in [0.2, 0.25) is 0 Å². The fraction of sp³-hybridized carbons (Fsp3) is 0.471. The Morgan fingerprint density at radius 2 is 2.14 bits per heavy atom. The molecule has 1 aromatic carbocycles. The van der Waals surface area contributed by atoms with Crippen molar-refractivity contribution in [2.75, 3.05) is 13.7 Å². The first kappa shape index (κ1) is 16.0. The van der Waals surface area contributed by atoms with Crippen LogP contribution in [-0.4, -0.2) is 18.6 Å². The SMILES string of the molecule is CCOc1cccc(-c2nc(CC(C)C)c(CNC)s2)c1. The van der Waals surface area contributed by atoms with Crippen LogP contribution in [0.5, 0.6) is 5.75 Å². The third kappa shape index (κ3) is 4.29. The van der Waals surface area contributed by atoms with Gasteiger partial charge in [-0.2, -0.15) is 0 Å². The zero-order chi connectivity index (χ0) is 15.2. The van der Waals surface area contributed by atoms with Gasteiger partial charge in [-0.15, -0.1) is 11.3 Å². The van der Waals surface area contributed by atoms with E-state index in [9.17, 15) is 0 Å². The molecule has 0 unspecified atom stereocenters. The van der Waals surface area contributed by atoms with Gasteiger partial charge in [-0.25, -0.2) is 4.98 Å². The minimum absolute atomic E-state index is 0.616. The fourth-order valence-electron chi connectivity index (χ4n) is 2.24. The second-order valence-corrected chi connectivity index (χ2v) is 6.56. The smallest absolute Gasteiger partial charge is 0.124 e. The van der Waals surface area contributed by atoms with Crippen LogP contribution in [-0.2, 0) is 13.0 Å². The average Bonchev–Trinajstić information content (AvgIpc) is 2.82. The largest absolute Gasteiger partial charge is 0.494 e. The first-order valence-corrected chi connectivity index (χ1v) is 8.32. The highest BCUT2D eigenvalue weighted by Crippen LogP contribution is 2.31. The van der Waals surface area contributed by atoms with Crippen molar-refractivity contribution in [2.45, 2.75) is 33.7 Å². The molecule has 0 fully saturated rings. The molecule has 21 heavy (non-hydrogen) atoms. The normalized spacial score (nSPS) is 11.1. The highest BCUT2D eigenvalue weighted by Gasteiger charge is 2.13. The lowest BCUT2D eigenvalue weighted by atomic mass is 10.1. The molecule has 114 valence electrons. The van der Waals surface area contributed by atoms with E-state index in [1.165, 1.54) is 10.6 Å². The molecule has 4 heteroatoms. The number of thiazole rings is 1. The van der Waals surface area contributed by atoms with Gasteiger partial charge in [0.15, 0.2) is 0 Å². The Hall–Kier alpha value is -1.39. The summed E-state index contributed by atoms with van der Waals surface area (Å²) in [4.78, 5) is 6.20. The van der Waals surface area contributed by atoms with Crippen molar-refractivity contribution in [2.24, 2.45) is 5.92 Å². The van der Waals surface area contributed by atoms with E-state index in [0.29, 0.717) is 12.5 Å². The molecular formula is C17H24N2OS. The van der Waals surface area contributed by atoms with Crippen LogP contribution in [0.2, 0.25) is 0 Å². The third-order valence-corrected chi connectivity index (χ3v) is 4.26. The molecule has 1 N–H and O–H groups in total. The minimum Gasteiger partial charge on any atom is -0.494 e. The lowest BCUT2D eigenvalue weighted by Gasteiger charge is -2.04. The number of nitrogens with zero attached hydrogens (tertiary/aromatic N) is 1. The maximum Gasteiger partial charge on any atom is 0.124 e. The Morgan fingerprint density at radius 1 is 1.33 bits per heavy atom. The number of aromatic nitrogens is 1. The summed E-state index contributed by atoms with van der Waals surface area (Å²) >= 11 is 1.78. The Morgan fingerprint density at radius 3 is 2.81 bits per heavy atom. The summed E-state index contributed by atoms with van der Waals surface area (Å²) in [6.07, 6.45) is 1.03. The van der Waals surface area contributed by atoms with E-state index in [1.807, 2.05) is 26.1 Å². The molecule has 0 aliphatic heterocycles. The summed E-state index contributed by atoms with van der Waals surface area (Å²) in [5.41, 5.74) is 2.36. The van der Waals surface area contributed by atoms with Crippen molar-refractivity contribution in [3.05, 3.63) is 34.8 Å². The van der Waals surface area contributed by atoms with Crippen LogP contribution in [0.1, 0.15) is 31.3 Å². The van der Waals surface area contributed by atoms with Crippen molar-refractivity contribution in [1.82, 2.24) is 10.3 Å². The number of rotatable bonds is 7. The Labute approximate surface area is 131 Å². The van der Waals surface area contributed by atoms with E-state index in [4.69, 9.17) is 9.72 Å². The average molecular weight is 304 g/mol. The molecule has 0 aliphatic rings. The number of benzene rings is 1. The quantitative estimate of drug-likeness (QED) is 0.835. The van der Waals surface area contributed by atoms with E-state index in [2.05, 4.69) is 31.3 Å². The summed E-state index contributed by atoms with van der Waals surface area (Å²) < 4.78 is 5.58. The van der Waals surface area contributed by atoms with Gasteiger partial charge in [-0.05, 0) is 38.4 Å². The summed E-state index contributed by atoms with van der Waals surface area (Å²) in [6.45, 7) is 8.04. The predicted molar refractivity (Wildman–Crippen MR) is 90.0 cm³/mol. The van der Waals surface area contributed by atoms with Crippen molar-refractivity contribution in [3.63, 3.8) is 0 Å². The van der Waals surface area contributed by atoms with Crippen LogP contribution in [0.25, 0.3) is 10.6 Å². The van der Waals surface area contributed by atoms with Crippen molar-refractivity contribution in [3.8, 4) is 16.3 Å². The molecule has 1 heterocycles. The van der Waals surface area contributed by atoms with Crippen LogP contribution < -0.4 is 10.1 Å².